The van der Waals surface area contributed by atoms with E-state index in [1.54, 1.807) is 6.92 Å². The molecule has 1 saturated heterocycles. The molecule has 4 atom stereocenters. The molecule has 2 aromatic carbocycles. The standard InChI is InChI=1S/C26H33N3O5Si/c1-17-16-29(25(32)28-24(17)31)21-15-20(22(33-21)23(27)30)34-35(26(2,3)4,18-11-7-5-8-12-18)19-13-9-6-10-14-19/h5-14,16,20-23,30H,15,27H2,1-4H3,(H,28,31,32)/t20-,21+,22-,23?/m0/s1. The van der Waals surface area contributed by atoms with Crippen molar-refractivity contribution in [3.8, 4) is 0 Å². The molecule has 1 fully saturated rings. The summed E-state index contributed by atoms with van der Waals surface area (Å²) in [5, 5.41) is 12.3. The molecule has 8 nitrogen and oxygen atoms in total. The molecular formula is C26H33N3O5Si. The third-order valence-electron chi connectivity index (χ3n) is 6.65. The van der Waals surface area contributed by atoms with Crippen molar-refractivity contribution in [2.45, 2.75) is 63.8 Å². The van der Waals surface area contributed by atoms with Crippen LogP contribution in [-0.4, -0.2) is 41.4 Å². The van der Waals surface area contributed by atoms with E-state index in [9.17, 15) is 14.7 Å². The molecule has 3 aromatic rings. The van der Waals surface area contributed by atoms with Crippen molar-refractivity contribution < 1.29 is 14.3 Å². The molecule has 35 heavy (non-hydrogen) atoms. The summed E-state index contributed by atoms with van der Waals surface area (Å²) in [4.78, 5) is 26.7. The number of aliphatic hydroxyl groups excluding tert-OH is 1. The van der Waals surface area contributed by atoms with Crippen LogP contribution in [-0.2, 0) is 9.16 Å². The average molecular weight is 496 g/mol. The van der Waals surface area contributed by atoms with E-state index in [0.717, 1.165) is 10.4 Å². The van der Waals surface area contributed by atoms with E-state index in [0.29, 0.717) is 5.56 Å². The summed E-state index contributed by atoms with van der Waals surface area (Å²) in [6.45, 7) is 8.11. The first kappa shape index (κ1) is 25.3. The summed E-state index contributed by atoms with van der Waals surface area (Å²) in [5.41, 5.74) is 5.30. The van der Waals surface area contributed by atoms with Crippen molar-refractivity contribution in [3.63, 3.8) is 0 Å². The highest BCUT2D eigenvalue weighted by Gasteiger charge is 2.54. The van der Waals surface area contributed by atoms with E-state index in [-0.39, 0.29) is 11.5 Å². The highest BCUT2D eigenvalue weighted by Crippen LogP contribution is 2.41. The average Bonchev–Trinajstić information content (AvgIpc) is 3.24. The SMILES string of the molecule is Cc1cn([C@H]2C[C@H](O[Si](c3ccccc3)(c3ccccc3)C(C)(C)C)[C@@H](C(N)O)O2)c(=O)[nH]c1=O. The lowest BCUT2D eigenvalue weighted by Crippen LogP contribution is -2.68. The quantitative estimate of drug-likeness (QED) is 0.351. The number of hydrogen-bond donors (Lipinski definition) is 3. The third-order valence-corrected chi connectivity index (χ3v) is 11.7. The molecule has 0 amide bonds. The monoisotopic (exact) mass is 495 g/mol. The van der Waals surface area contributed by atoms with Gasteiger partial charge in [-0.2, -0.15) is 0 Å². The number of ether oxygens (including phenoxy) is 1. The highest BCUT2D eigenvalue weighted by atomic mass is 28.4. The minimum Gasteiger partial charge on any atom is -0.401 e. The van der Waals surface area contributed by atoms with Gasteiger partial charge in [-0.05, 0) is 22.3 Å². The van der Waals surface area contributed by atoms with Crippen LogP contribution in [0, 0.1) is 6.92 Å². The predicted octanol–water partition coefficient (Wildman–Crippen LogP) is 1.35. The second kappa shape index (κ2) is 9.67. The van der Waals surface area contributed by atoms with Crippen LogP contribution < -0.4 is 27.4 Å². The number of H-pyrrole nitrogens is 1. The van der Waals surface area contributed by atoms with Crippen molar-refractivity contribution in [2.75, 3.05) is 0 Å². The first-order chi connectivity index (χ1) is 16.5. The zero-order valence-corrected chi connectivity index (χ0v) is 21.5. The van der Waals surface area contributed by atoms with Crippen LogP contribution >= 0.6 is 0 Å². The molecule has 4 N–H and O–H groups in total. The Labute approximate surface area is 205 Å². The number of aryl methyl sites for hydroxylation is 1. The first-order valence-corrected chi connectivity index (χ1v) is 13.7. The number of aromatic amines is 1. The van der Waals surface area contributed by atoms with Crippen LogP contribution in [0.1, 0.15) is 39.0 Å². The number of hydrogen-bond acceptors (Lipinski definition) is 6. The summed E-state index contributed by atoms with van der Waals surface area (Å²) in [6, 6.07) is 20.3. The van der Waals surface area contributed by atoms with Crippen LogP contribution in [0.25, 0.3) is 0 Å². The maximum absolute atomic E-state index is 12.6. The molecule has 0 saturated carbocycles. The largest absolute Gasteiger partial charge is 0.401 e. The second-order valence-corrected chi connectivity index (χ2v) is 14.3. The lowest BCUT2D eigenvalue weighted by Gasteiger charge is -2.45. The summed E-state index contributed by atoms with van der Waals surface area (Å²) >= 11 is 0. The summed E-state index contributed by atoms with van der Waals surface area (Å²) in [5.74, 6) is 0. The van der Waals surface area contributed by atoms with Gasteiger partial charge in [-0.25, -0.2) is 4.79 Å². The Morgan fingerprint density at radius 3 is 2.11 bits per heavy atom. The van der Waals surface area contributed by atoms with Gasteiger partial charge in [0.2, 0.25) is 0 Å². The van der Waals surface area contributed by atoms with E-state index < -0.39 is 44.2 Å². The second-order valence-electron chi connectivity index (χ2n) is 10.1. The number of nitrogens with zero attached hydrogens (tertiary/aromatic N) is 1. The number of rotatable bonds is 6. The number of benzene rings is 2. The van der Waals surface area contributed by atoms with Crippen LogP contribution in [0.15, 0.2) is 76.4 Å². The van der Waals surface area contributed by atoms with Crippen molar-refractivity contribution in [3.05, 3.63) is 93.3 Å². The van der Waals surface area contributed by atoms with E-state index in [4.69, 9.17) is 14.9 Å². The minimum atomic E-state index is -2.96. The summed E-state index contributed by atoms with van der Waals surface area (Å²) < 4.78 is 14.6. The molecule has 0 bridgehead atoms. The molecule has 0 aliphatic carbocycles. The van der Waals surface area contributed by atoms with Crippen molar-refractivity contribution in [1.29, 1.82) is 0 Å². The van der Waals surface area contributed by atoms with Crippen molar-refractivity contribution in [2.24, 2.45) is 5.73 Å². The Kier molecular flexibility index (Phi) is 6.99. The maximum atomic E-state index is 12.6. The van der Waals surface area contributed by atoms with E-state index in [1.807, 2.05) is 36.4 Å². The highest BCUT2D eigenvalue weighted by molar-refractivity contribution is 6.99. The van der Waals surface area contributed by atoms with Crippen molar-refractivity contribution in [1.82, 2.24) is 9.55 Å². The number of aromatic nitrogens is 2. The fraction of sp³-hybridized carbons (Fsp3) is 0.385. The lowest BCUT2D eigenvalue weighted by atomic mass is 10.1. The summed E-state index contributed by atoms with van der Waals surface area (Å²) in [7, 11) is -2.96. The lowest BCUT2D eigenvalue weighted by molar-refractivity contribution is -0.0785. The maximum Gasteiger partial charge on any atom is 0.330 e. The van der Waals surface area contributed by atoms with E-state index >= 15 is 0 Å². The van der Waals surface area contributed by atoms with Crippen LogP contribution in [0.4, 0.5) is 0 Å². The van der Waals surface area contributed by atoms with Gasteiger partial charge in [-0.15, -0.1) is 0 Å². The van der Waals surface area contributed by atoms with E-state index in [1.165, 1.54) is 10.8 Å². The smallest absolute Gasteiger partial charge is 0.330 e. The van der Waals surface area contributed by atoms with Gasteiger partial charge in [0, 0.05) is 18.2 Å². The molecule has 2 heterocycles. The third kappa shape index (κ3) is 4.70. The molecular weight excluding hydrogens is 462 g/mol. The van der Waals surface area contributed by atoms with Gasteiger partial charge < -0.3 is 20.0 Å². The number of aliphatic hydroxyl groups is 1. The fourth-order valence-corrected chi connectivity index (χ4v) is 9.67. The molecule has 0 radical (unpaired) electrons. The normalized spacial score (nSPS) is 21.7. The fourth-order valence-electron chi connectivity index (χ4n) is 4.97. The molecule has 1 aromatic heterocycles. The molecule has 186 valence electrons. The first-order valence-electron chi connectivity index (χ1n) is 11.7. The molecule has 0 spiro atoms. The Bertz CT molecular complexity index is 1230. The van der Waals surface area contributed by atoms with Gasteiger partial charge in [0.1, 0.15) is 18.6 Å². The Morgan fingerprint density at radius 2 is 1.63 bits per heavy atom. The zero-order chi connectivity index (χ0) is 25.4. The molecule has 1 aliphatic rings. The van der Waals surface area contributed by atoms with Crippen molar-refractivity contribution >= 4 is 18.7 Å². The van der Waals surface area contributed by atoms with Gasteiger partial charge in [-0.3, -0.25) is 14.3 Å². The van der Waals surface area contributed by atoms with Crippen LogP contribution in [0.3, 0.4) is 0 Å². The van der Waals surface area contributed by atoms with E-state index in [2.05, 4.69) is 50.0 Å². The van der Waals surface area contributed by atoms with Gasteiger partial charge in [0.15, 0.2) is 0 Å². The van der Waals surface area contributed by atoms with Gasteiger partial charge in [0.05, 0.1) is 6.10 Å². The minimum absolute atomic E-state index is 0.287. The molecule has 1 aliphatic heterocycles. The number of nitrogens with two attached hydrogens (primary N) is 1. The topological polar surface area (TPSA) is 120 Å². The Morgan fingerprint density at radius 1 is 1.09 bits per heavy atom. The van der Waals surface area contributed by atoms with Gasteiger partial charge in [-0.1, -0.05) is 81.4 Å². The van der Waals surface area contributed by atoms with Gasteiger partial charge in [0.25, 0.3) is 13.9 Å². The van der Waals surface area contributed by atoms with Crippen LogP contribution in [0.2, 0.25) is 5.04 Å². The summed E-state index contributed by atoms with van der Waals surface area (Å²) in [6.07, 6.45) is -1.76. The van der Waals surface area contributed by atoms with Crippen LogP contribution in [0.5, 0.6) is 0 Å². The molecule has 1 unspecified atom stereocenters. The molecule has 9 heteroatoms. The van der Waals surface area contributed by atoms with Gasteiger partial charge >= 0.3 is 5.69 Å². The number of nitrogens with one attached hydrogen (secondary N) is 1. The zero-order valence-electron chi connectivity index (χ0n) is 20.5. The molecule has 4 rings (SSSR count). The predicted molar refractivity (Wildman–Crippen MR) is 137 cm³/mol. The Balaban J connectivity index is 1.82. The Hall–Kier alpha value is -2.82.